The Hall–Kier alpha value is -2.51. The van der Waals surface area contributed by atoms with Gasteiger partial charge in [0.2, 0.25) is 0 Å². The third-order valence-corrected chi connectivity index (χ3v) is 6.18. The van der Waals surface area contributed by atoms with Gasteiger partial charge in [0, 0.05) is 53.2 Å². The molecule has 1 saturated heterocycles. The van der Waals surface area contributed by atoms with Crippen LogP contribution in [-0.2, 0) is 4.79 Å². The van der Waals surface area contributed by atoms with Gasteiger partial charge in [-0.1, -0.05) is 11.6 Å². The minimum atomic E-state index is -0.660. The van der Waals surface area contributed by atoms with E-state index in [1.165, 1.54) is 24.3 Å². The number of hydrogen-bond donors (Lipinski definition) is 0. The predicted octanol–water partition coefficient (Wildman–Crippen LogP) is 4.60. The first kappa shape index (κ1) is 20.8. The first-order valence-corrected chi connectivity index (χ1v) is 11.0. The Bertz CT molecular complexity index is 1160. The van der Waals surface area contributed by atoms with Gasteiger partial charge in [-0.15, -0.1) is 0 Å². The molecule has 5 nitrogen and oxygen atoms in total. The Morgan fingerprint density at radius 3 is 2.67 bits per heavy atom. The summed E-state index contributed by atoms with van der Waals surface area (Å²) in [7, 11) is 0. The maximum Gasteiger partial charge on any atom is 0.336 e. The average Bonchev–Trinajstić information content (AvgIpc) is 2.73. The first-order chi connectivity index (χ1) is 14.4. The van der Waals surface area contributed by atoms with Crippen molar-refractivity contribution in [3.8, 4) is 16.9 Å². The third kappa shape index (κ3) is 4.32. The van der Waals surface area contributed by atoms with Crippen LogP contribution >= 0.6 is 23.4 Å². The lowest BCUT2D eigenvalue weighted by Gasteiger charge is -2.29. The molecule has 4 rings (SSSR count). The van der Waals surface area contributed by atoms with Gasteiger partial charge >= 0.3 is 5.63 Å². The van der Waals surface area contributed by atoms with Crippen molar-refractivity contribution >= 4 is 40.2 Å². The van der Waals surface area contributed by atoms with Gasteiger partial charge in [0.15, 0.2) is 6.10 Å². The van der Waals surface area contributed by atoms with Crippen molar-refractivity contribution < 1.29 is 18.3 Å². The number of amides is 1. The van der Waals surface area contributed by atoms with E-state index in [4.69, 9.17) is 20.8 Å². The van der Waals surface area contributed by atoms with Crippen LogP contribution in [0.25, 0.3) is 22.1 Å². The van der Waals surface area contributed by atoms with E-state index in [0.717, 1.165) is 11.5 Å². The van der Waals surface area contributed by atoms with Crippen LogP contribution in [-0.4, -0.2) is 41.5 Å². The van der Waals surface area contributed by atoms with Gasteiger partial charge in [-0.3, -0.25) is 4.79 Å². The van der Waals surface area contributed by atoms with E-state index >= 15 is 0 Å². The molecule has 2 heterocycles. The van der Waals surface area contributed by atoms with E-state index in [1.807, 2.05) is 11.8 Å². The highest BCUT2D eigenvalue weighted by molar-refractivity contribution is 7.99. The molecule has 3 aromatic rings. The highest BCUT2D eigenvalue weighted by Crippen LogP contribution is 2.34. The molecule has 1 aliphatic heterocycles. The molecule has 8 heteroatoms. The van der Waals surface area contributed by atoms with Crippen molar-refractivity contribution in [2.75, 3.05) is 24.6 Å². The van der Waals surface area contributed by atoms with E-state index in [1.54, 1.807) is 30.0 Å². The highest BCUT2D eigenvalue weighted by Gasteiger charge is 2.24. The minimum absolute atomic E-state index is 0.0660. The molecule has 0 spiro atoms. The monoisotopic (exact) mass is 447 g/mol. The van der Waals surface area contributed by atoms with Gasteiger partial charge in [-0.25, -0.2) is 9.18 Å². The first-order valence-electron chi connectivity index (χ1n) is 9.49. The maximum atomic E-state index is 13.4. The lowest BCUT2D eigenvalue weighted by atomic mass is 10.0. The zero-order valence-corrected chi connectivity index (χ0v) is 17.8. The largest absolute Gasteiger partial charge is 0.481 e. The fourth-order valence-corrected chi connectivity index (χ4v) is 4.61. The van der Waals surface area contributed by atoms with Crippen LogP contribution in [0.15, 0.2) is 51.7 Å². The molecule has 156 valence electrons. The maximum absolute atomic E-state index is 13.4. The summed E-state index contributed by atoms with van der Waals surface area (Å²) in [6, 6.07) is 10.3. The number of halogens is 2. The van der Waals surface area contributed by atoms with Gasteiger partial charge in [-0.2, -0.15) is 11.8 Å². The Morgan fingerprint density at radius 2 is 1.93 bits per heavy atom. The fourth-order valence-electron chi connectivity index (χ4n) is 3.44. The highest BCUT2D eigenvalue weighted by atomic mass is 35.5. The lowest BCUT2D eigenvalue weighted by molar-refractivity contribution is -0.137. The van der Waals surface area contributed by atoms with E-state index < -0.39 is 17.5 Å². The molecular weight excluding hydrogens is 429 g/mol. The van der Waals surface area contributed by atoms with Crippen LogP contribution in [0.1, 0.15) is 6.92 Å². The number of carbonyl (C=O) groups excluding carboxylic acids is 1. The second-order valence-electron chi connectivity index (χ2n) is 6.96. The molecule has 0 bridgehead atoms. The smallest absolute Gasteiger partial charge is 0.336 e. The van der Waals surface area contributed by atoms with E-state index in [0.29, 0.717) is 40.9 Å². The molecule has 1 amide bonds. The molecule has 0 aliphatic carbocycles. The number of benzene rings is 2. The Kier molecular flexibility index (Phi) is 6.01. The zero-order valence-electron chi connectivity index (χ0n) is 16.2. The van der Waals surface area contributed by atoms with Crippen molar-refractivity contribution in [1.82, 2.24) is 4.90 Å². The lowest BCUT2D eigenvalue weighted by Crippen LogP contribution is -2.44. The number of carbonyl (C=O) groups is 1. The second-order valence-corrected chi connectivity index (χ2v) is 8.59. The summed E-state index contributed by atoms with van der Waals surface area (Å²) in [4.78, 5) is 26.5. The van der Waals surface area contributed by atoms with Crippen molar-refractivity contribution in [2.45, 2.75) is 13.0 Å². The molecule has 1 aromatic heterocycles. The summed E-state index contributed by atoms with van der Waals surface area (Å²) in [5, 5.41) is 0.823. The summed E-state index contributed by atoms with van der Waals surface area (Å²) >= 11 is 8.01. The zero-order chi connectivity index (χ0) is 21.3. The molecule has 2 aromatic carbocycles. The third-order valence-electron chi connectivity index (χ3n) is 4.92. The standard InChI is InChI=1S/C22H19ClFNO4S/c1-13(22(27)25-6-8-30-9-7-25)28-15-3-5-17-18(12-21(26)29-20(17)11-15)16-4-2-14(24)10-19(16)23/h2-5,10-13H,6-9H2,1H3/t13-/m1/s1. The quantitative estimate of drug-likeness (QED) is 0.547. The topological polar surface area (TPSA) is 59.8 Å². The summed E-state index contributed by atoms with van der Waals surface area (Å²) in [5.41, 5.74) is 0.790. The van der Waals surface area contributed by atoms with Crippen LogP contribution in [0.5, 0.6) is 5.75 Å². The SMILES string of the molecule is C[C@@H](Oc1ccc2c(-c3ccc(F)cc3Cl)cc(=O)oc2c1)C(=O)N1CCSCC1. The van der Waals surface area contributed by atoms with Crippen molar-refractivity contribution in [3.63, 3.8) is 0 Å². The summed E-state index contributed by atoms with van der Waals surface area (Å²) in [6.07, 6.45) is -0.660. The number of nitrogens with zero attached hydrogens (tertiary/aromatic N) is 1. The Balaban J connectivity index is 1.64. The van der Waals surface area contributed by atoms with Gasteiger partial charge in [0.1, 0.15) is 17.1 Å². The minimum Gasteiger partial charge on any atom is -0.481 e. The number of thioether (sulfide) groups is 1. The summed E-state index contributed by atoms with van der Waals surface area (Å²) in [6.45, 7) is 3.14. The van der Waals surface area contributed by atoms with Gasteiger partial charge < -0.3 is 14.1 Å². The Morgan fingerprint density at radius 1 is 1.17 bits per heavy atom. The van der Waals surface area contributed by atoms with E-state index in [-0.39, 0.29) is 10.9 Å². The van der Waals surface area contributed by atoms with Crippen molar-refractivity contribution in [1.29, 1.82) is 0 Å². The van der Waals surface area contributed by atoms with Crippen LogP contribution in [0.2, 0.25) is 5.02 Å². The molecular formula is C22H19ClFNO4S. The summed E-state index contributed by atoms with van der Waals surface area (Å²) < 4.78 is 24.6. The van der Waals surface area contributed by atoms with Crippen LogP contribution in [0.3, 0.4) is 0 Å². The van der Waals surface area contributed by atoms with Crippen LogP contribution in [0, 0.1) is 5.82 Å². The normalized spacial score (nSPS) is 15.2. The van der Waals surface area contributed by atoms with E-state index in [2.05, 4.69) is 0 Å². The van der Waals surface area contributed by atoms with E-state index in [9.17, 15) is 14.0 Å². The number of fused-ring (bicyclic) bond motifs is 1. The molecule has 0 N–H and O–H groups in total. The van der Waals surface area contributed by atoms with Gasteiger partial charge in [0.05, 0.1) is 5.02 Å². The van der Waals surface area contributed by atoms with Crippen molar-refractivity contribution in [3.05, 3.63) is 63.7 Å². The van der Waals surface area contributed by atoms with Gasteiger partial charge in [0.25, 0.3) is 5.91 Å². The van der Waals surface area contributed by atoms with Crippen molar-refractivity contribution in [2.24, 2.45) is 0 Å². The molecule has 30 heavy (non-hydrogen) atoms. The Labute approximate surface area is 181 Å². The second kappa shape index (κ2) is 8.70. The molecule has 1 fully saturated rings. The van der Waals surface area contributed by atoms with Crippen LogP contribution < -0.4 is 10.4 Å². The molecule has 0 saturated carbocycles. The molecule has 1 aliphatic rings. The number of rotatable bonds is 4. The number of ether oxygens (including phenoxy) is 1. The van der Waals surface area contributed by atoms with Gasteiger partial charge in [-0.05, 0) is 37.3 Å². The predicted molar refractivity (Wildman–Crippen MR) is 117 cm³/mol. The average molecular weight is 448 g/mol. The molecule has 0 unspecified atom stereocenters. The number of hydrogen-bond acceptors (Lipinski definition) is 5. The van der Waals surface area contributed by atoms with Crippen LogP contribution in [0.4, 0.5) is 4.39 Å². The fraction of sp³-hybridized carbons (Fsp3) is 0.273. The molecule has 1 atom stereocenters. The molecule has 0 radical (unpaired) electrons. The summed E-state index contributed by atoms with van der Waals surface area (Å²) in [5.74, 6) is 1.74.